The molecule has 0 N–H and O–H groups in total. The molecule has 0 aliphatic carbocycles. The van der Waals surface area contributed by atoms with E-state index in [9.17, 15) is 9.18 Å². The Hall–Kier alpha value is -1.89. The van der Waals surface area contributed by atoms with Crippen LogP contribution in [0.15, 0.2) is 24.3 Å². The minimum atomic E-state index is -0.367. The van der Waals surface area contributed by atoms with E-state index < -0.39 is 0 Å². The van der Waals surface area contributed by atoms with Gasteiger partial charge < -0.3 is 4.90 Å². The second-order valence-corrected chi connectivity index (χ2v) is 4.14. The van der Waals surface area contributed by atoms with Gasteiger partial charge in [0.15, 0.2) is 0 Å². The quantitative estimate of drug-likeness (QED) is 0.781. The summed E-state index contributed by atoms with van der Waals surface area (Å²) in [5.74, 6) is -0.535. The maximum atomic E-state index is 13.4. The highest BCUT2D eigenvalue weighted by Crippen LogP contribution is 2.18. The van der Waals surface area contributed by atoms with Crippen molar-refractivity contribution in [1.82, 2.24) is 4.90 Å². The third-order valence-corrected chi connectivity index (χ3v) is 3.02. The summed E-state index contributed by atoms with van der Waals surface area (Å²) in [5, 5.41) is 8.89. The summed E-state index contributed by atoms with van der Waals surface area (Å²) in [6.07, 6.45) is 1.60. The van der Waals surface area contributed by atoms with Crippen LogP contribution in [0.1, 0.15) is 18.4 Å². The van der Waals surface area contributed by atoms with E-state index in [4.69, 9.17) is 5.26 Å². The molecule has 0 saturated carbocycles. The summed E-state index contributed by atoms with van der Waals surface area (Å²) in [6, 6.07) is 8.01. The first kappa shape index (κ1) is 11.6. The SMILES string of the molecule is N#CC1CCCN1C(=O)Cc1ccccc1F. The fourth-order valence-corrected chi connectivity index (χ4v) is 2.11. The monoisotopic (exact) mass is 232 g/mol. The van der Waals surface area contributed by atoms with Crippen LogP contribution in [-0.2, 0) is 11.2 Å². The topological polar surface area (TPSA) is 44.1 Å². The van der Waals surface area contributed by atoms with Gasteiger partial charge in [0, 0.05) is 6.54 Å². The number of carbonyl (C=O) groups excluding carboxylic acids is 1. The molecule has 1 fully saturated rings. The molecular weight excluding hydrogens is 219 g/mol. The minimum Gasteiger partial charge on any atom is -0.326 e. The Labute approximate surface area is 99.5 Å². The van der Waals surface area contributed by atoms with Crippen molar-refractivity contribution in [3.05, 3.63) is 35.6 Å². The number of carbonyl (C=O) groups is 1. The number of amides is 1. The highest BCUT2D eigenvalue weighted by atomic mass is 19.1. The van der Waals surface area contributed by atoms with Crippen molar-refractivity contribution >= 4 is 5.91 Å². The van der Waals surface area contributed by atoms with Crippen molar-refractivity contribution in [2.75, 3.05) is 6.54 Å². The zero-order valence-electron chi connectivity index (χ0n) is 9.40. The molecule has 1 amide bonds. The largest absolute Gasteiger partial charge is 0.326 e. The molecule has 2 rings (SSSR count). The summed E-state index contributed by atoms with van der Waals surface area (Å²) in [5.41, 5.74) is 0.390. The normalized spacial score (nSPS) is 19.1. The molecule has 17 heavy (non-hydrogen) atoms. The van der Waals surface area contributed by atoms with Crippen LogP contribution in [0.4, 0.5) is 4.39 Å². The lowest BCUT2D eigenvalue weighted by Gasteiger charge is -2.19. The van der Waals surface area contributed by atoms with Crippen LogP contribution in [0.25, 0.3) is 0 Å². The van der Waals surface area contributed by atoms with Crippen LogP contribution in [0, 0.1) is 17.1 Å². The summed E-state index contributed by atoms with van der Waals surface area (Å²) < 4.78 is 13.4. The Morgan fingerprint density at radius 1 is 1.53 bits per heavy atom. The number of hydrogen-bond acceptors (Lipinski definition) is 2. The third kappa shape index (κ3) is 2.44. The molecule has 0 spiro atoms. The van der Waals surface area contributed by atoms with E-state index in [-0.39, 0.29) is 24.2 Å². The fourth-order valence-electron chi connectivity index (χ4n) is 2.11. The Morgan fingerprint density at radius 2 is 2.29 bits per heavy atom. The van der Waals surface area contributed by atoms with Crippen LogP contribution >= 0.6 is 0 Å². The molecule has 1 unspecified atom stereocenters. The van der Waals surface area contributed by atoms with Gasteiger partial charge in [0.05, 0.1) is 12.5 Å². The van der Waals surface area contributed by atoms with E-state index in [2.05, 4.69) is 6.07 Å². The van der Waals surface area contributed by atoms with Gasteiger partial charge >= 0.3 is 0 Å². The predicted molar refractivity (Wildman–Crippen MR) is 60.5 cm³/mol. The van der Waals surface area contributed by atoms with Crippen molar-refractivity contribution in [1.29, 1.82) is 5.26 Å². The first-order valence-electron chi connectivity index (χ1n) is 5.65. The maximum Gasteiger partial charge on any atom is 0.228 e. The molecule has 3 nitrogen and oxygen atoms in total. The molecule has 4 heteroatoms. The zero-order valence-corrected chi connectivity index (χ0v) is 9.40. The lowest BCUT2D eigenvalue weighted by molar-refractivity contribution is -0.130. The van der Waals surface area contributed by atoms with Crippen LogP contribution in [0.3, 0.4) is 0 Å². The molecule has 1 atom stereocenters. The Morgan fingerprint density at radius 3 is 3.00 bits per heavy atom. The number of benzene rings is 1. The zero-order chi connectivity index (χ0) is 12.3. The number of nitrogens with zero attached hydrogens (tertiary/aromatic N) is 2. The van der Waals surface area contributed by atoms with Crippen molar-refractivity contribution < 1.29 is 9.18 Å². The molecule has 1 aromatic carbocycles. The van der Waals surface area contributed by atoms with Crippen LogP contribution in [0.5, 0.6) is 0 Å². The third-order valence-electron chi connectivity index (χ3n) is 3.02. The van der Waals surface area contributed by atoms with Gasteiger partial charge in [-0.2, -0.15) is 5.26 Å². The Balaban J connectivity index is 2.07. The number of halogens is 1. The lowest BCUT2D eigenvalue weighted by Crippen LogP contribution is -2.35. The minimum absolute atomic E-state index is 0.0326. The molecule has 0 bridgehead atoms. The molecule has 1 aromatic rings. The summed E-state index contributed by atoms with van der Waals surface area (Å²) >= 11 is 0. The first-order chi connectivity index (χ1) is 8.22. The second-order valence-electron chi connectivity index (χ2n) is 4.14. The molecule has 1 aliphatic heterocycles. The van der Waals surface area contributed by atoms with Crippen LogP contribution in [-0.4, -0.2) is 23.4 Å². The van der Waals surface area contributed by atoms with E-state index in [1.165, 1.54) is 6.07 Å². The van der Waals surface area contributed by atoms with Crippen molar-refractivity contribution in [2.24, 2.45) is 0 Å². The standard InChI is InChI=1S/C13H13FN2O/c14-12-6-2-1-4-10(12)8-13(17)16-7-3-5-11(16)9-15/h1-2,4,6,11H,3,5,7-8H2. The van der Waals surface area contributed by atoms with Gasteiger partial charge in [0.2, 0.25) is 5.91 Å². The van der Waals surface area contributed by atoms with Gasteiger partial charge in [-0.05, 0) is 24.5 Å². The van der Waals surface area contributed by atoms with Crippen molar-refractivity contribution in [2.45, 2.75) is 25.3 Å². The average molecular weight is 232 g/mol. The first-order valence-corrected chi connectivity index (χ1v) is 5.65. The van der Waals surface area contributed by atoms with Gasteiger partial charge in [-0.1, -0.05) is 18.2 Å². The van der Waals surface area contributed by atoms with E-state index in [1.807, 2.05) is 0 Å². The van der Waals surface area contributed by atoms with Gasteiger partial charge in [-0.3, -0.25) is 4.79 Å². The van der Waals surface area contributed by atoms with Gasteiger partial charge in [-0.15, -0.1) is 0 Å². The summed E-state index contributed by atoms with van der Waals surface area (Å²) in [4.78, 5) is 13.5. The molecule has 1 heterocycles. The molecule has 0 aromatic heterocycles. The van der Waals surface area contributed by atoms with Crippen LogP contribution in [0.2, 0.25) is 0 Å². The van der Waals surface area contributed by atoms with Crippen molar-refractivity contribution in [3.63, 3.8) is 0 Å². The van der Waals surface area contributed by atoms with Crippen LogP contribution < -0.4 is 0 Å². The smallest absolute Gasteiger partial charge is 0.228 e. The molecule has 1 aliphatic rings. The average Bonchev–Trinajstić information content (AvgIpc) is 2.80. The number of hydrogen-bond donors (Lipinski definition) is 0. The van der Waals surface area contributed by atoms with E-state index >= 15 is 0 Å². The number of likely N-dealkylation sites (tertiary alicyclic amines) is 1. The van der Waals surface area contributed by atoms with E-state index in [0.717, 1.165) is 12.8 Å². The van der Waals surface area contributed by atoms with Crippen molar-refractivity contribution in [3.8, 4) is 6.07 Å². The highest BCUT2D eigenvalue weighted by Gasteiger charge is 2.28. The molecule has 88 valence electrons. The molecule has 0 radical (unpaired) electrons. The highest BCUT2D eigenvalue weighted by molar-refractivity contribution is 5.79. The van der Waals surface area contributed by atoms with Gasteiger partial charge in [-0.25, -0.2) is 4.39 Å². The Kier molecular flexibility index (Phi) is 3.38. The van der Waals surface area contributed by atoms with Gasteiger partial charge in [0.1, 0.15) is 11.9 Å². The molecule has 1 saturated heterocycles. The molecular formula is C13H13FN2O. The predicted octanol–water partition coefficient (Wildman–Crippen LogP) is 1.88. The van der Waals surface area contributed by atoms with Gasteiger partial charge in [0.25, 0.3) is 0 Å². The Bertz CT molecular complexity index is 467. The summed E-state index contributed by atoms with van der Waals surface area (Å²) in [6.45, 7) is 0.603. The maximum absolute atomic E-state index is 13.4. The lowest BCUT2D eigenvalue weighted by atomic mass is 10.1. The summed E-state index contributed by atoms with van der Waals surface area (Å²) in [7, 11) is 0. The van der Waals surface area contributed by atoms with E-state index in [1.54, 1.807) is 23.1 Å². The number of nitriles is 1. The second kappa shape index (κ2) is 4.96. The fraction of sp³-hybridized carbons (Fsp3) is 0.385. The number of rotatable bonds is 2. The van der Waals surface area contributed by atoms with E-state index in [0.29, 0.717) is 12.1 Å².